The Morgan fingerprint density at radius 3 is 2.53 bits per heavy atom. The van der Waals surface area contributed by atoms with Crippen LogP contribution in [0.15, 0.2) is 23.4 Å². The zero-order valence-corrected chi connectivity index (χ0v) is 16.6. The van der Waals surface area contributed by atoms with Crippen LogP contribution in [-0.2, 0) is 16.2 Å². The molecule has 0 aromatic carbocycles. The highest BCUT2D eigenvalue weighted by Crippen LogP contribution is 2.31. The van der Waals surface area contributed by atoms with E-state index in [1.54, 1.807) is 4.72 Å². The van der Waals surface area contributed by atoms with Crippen LogP contribution in [0.2, 0.25) is 5.15 Å². The van der Waals surface area contributed by atoms with Gasteiger partial charge in [-0.3, -0.25) is 9.72 Å². The molecule has 0 aliphatic carbocycles. The van der Waals surface area contributed by atoms with E-state index in [2.05, 4.69) is 25.3 Å². The number of methoxy groups -OCH3 is 1. The van der Waals surface area contributed by atoms with E-state index < -0.39 is 38.0 Å². The molecule has 0 aliphatic rings. The number of nitrogens with zero attached hydrogens (tertiary/aromatic N) is 5. The molecule has 0 spiro atoms. The lowest BCUT2D eigenvalue weighted by Gasteiger charge is -2.10. The Kier molecular flexibility index (Phi) is 5.42. The van der Waals surface area contributed by atoms with Gasteiger partial charge in [0.2, 0.25) is 5.95 Å². The summed E-state index contributed by atoms with van der Waals surface area (Å²) in [6, 6.07) is 0.213. The topological polar surface area (TPSA) is 140 Å². The number of carbonyl (C=O) groups excluding carboxylic acids is 1. The number of sulfonamides is 1. The molecule has 30 heavy (non-hydrogen) atoms. The maximum Gasteiger partial charge on any atom is 0.417 e. The minimum Gasteiger partial charge on any atom is -0.467 e. The zero-order valence-electron chi connectivity index (χ0n) is 15.0. The first-order valence-electron chi connectivity index (χ1n) is 7.76. The second kappa shape index (κ2) is 7.56. The van der Waals surface area contributed by atoms with Gasteiger partial charge in [0.15, 0.2) is 10.2 Å². The predicted molar refractivity (Wildman–Crippen MR) is 95.7 cm³/mol. The number of rotatable bonds is 4. The number of aryl methyl sites for hydroxylation is 1. The zero-order chi connectivity index (χ0) is 22.3. The molecule has 3 heterocycles. The summed E-state index contributed by atoms with van der Waals surface area (Å²) >= 11 is 5.81. The summed E-state index contributed by atoms with van der Waals surface area (Å²) in [4.78, 5) is 27.1. The van der Waals surface area contributed by atoms with E-state index in [1.165, 1.54) is 14.0 Å². The van der Waals surface area contributed by atoms with Gasteiger partial charge in [0.25, 0.3) is 10.0 Å². The number of pyridine rings is 1. The molecular formula is C14H11ClF3N7O4S. The molecule has 0 unspecified atom stereocenters. The number of hydrogen-bond donors (Lipinski definition) is 2. The number of urea groups is 1. The van der Waals surface area contributed by atoms with Crippen molar-refractivity contribution in [2.75, 3.05) is 12.4 Å². The van der Waals surface area contributed by atoms with E-state index in [-0.39, 0.29) is 23.4 Å². The number of anilines is 1. The number of fused-ring (bicyclic) bond motifs is 1. The van der Waals surface area contributed by atoms with Crippen LogP contribution in [0.1, 0.15) is 11.4 Å². The van der Waals surface area contributed by atoms with Crippen molar-refractivity contribution in [2.24, 2.45) is 0 Å². The molecule has 2 amide bonds. The number of imidazole rings is 1. The Bertz CT molecular complexity index is 1250. The summed E-state index contributed by atoms with van der Waals surface area (Å²) in [6.07, 6.45) is -4.24. The van der Waals surface area contributed by atoms with Crippen molar-refractivity contribution < 1.29 is 31.1 Å². The molecule has 0 saturated carbocycles. The van der Waals surface area contributed by atoms with Crippen LogP contribution in [0, 0.1) is 6.92 Å². The summed E-state index contributed by atoms with van der Waals surface area (Å²) in [5.74, 6) is -0.153. The molecule has 0 fully saturated rings. The van der Waals surface area contributed by atoms with Crippen molar-refractivity contribution in [3.63, 3.8) is 0 Å². The van der Waals surface area contributed by atoms with E-state index in [0.717, 1.165) is 6.07 Å². The fourth-order valence-corrected chi connectivity index (χ4v) is 3.85. The van der Waals surface area contributed by atoms with E-state index in [9.17, 15) is 26.4 Å². The van der Waals surface area contributed by atoms with Gasteiger partial charge in [0, 0.05) is 6.20 Å². The van der Waals surface area contributed by atoms with E-state index in [1.807, 2.05) is 0 Å². The molecule has 2 N–H and O–H groups in total. The molecular weight excluding hydrogens is 455 g/mol. The number of carbonyl (C=O) groups is 1. The third kappa shape index (κ3) is 4.35. The quantitative estimate of drug-likeness (QED) is 0.596. The summed E-state index contributed by atoms with van der Waals surface area (Å²) in [7, 11) is -3.48. The van der Waals surface area contributed by atoms with Crippen LogP contribution in [0.3, 0.4) is 0 Å². The third-order valence-electron chi connectivity index (χ3n) is 3.48. The van der Waals surface area contributed by atoms with Gasteiger partial charge >= 0.3 is 18.2 Å². The largest absolute Gasteiger partial charge is 0.467 e. The van der Waals surface area contributed by atoms with E-state index in [4.69, 9.17) is 16.3 Å². The first-order valence-corrected chi connectivity index (χ1v) is 9.62. The lowest BCUT2D eigenvalue weighted by molar-refractivity contribution is -0.137. The van der Waals surface area contributed by atoms with Crippen LogP contribution in [0.5, 0.6) is 6.01 Å². The van der Waals surface area contributed by atoms with Crippen LogP contribution in [0.25, 0.3) is 5.65 Å². The SMILES string of the molecule is COc1nc(C)nc(NC(=O)NS(=O)(=O)c2c(Cl)nc3ccc(C(F)(F)F)cn23)n1. The number of hydrogen-bond acceptors (Lipinski definition) is 8. The molecule has 16 heteroatoms. The number of amides is 2. The van der Waals surface area contributed by atoms with E-state index >= 15 is 0 Å². The Labute approximate surface area is 171 Å². The highest BCUT2D eigenvalue weighted by Gasteiger charge is 2.33. The molecule has 0 radical (unpaired) electrons. The van der Waals surface area contributed by atoms with Crippen molar-refractivity contribution in [1.29, 1.82) is 0 Å². The average molecular weight is 466 g/mol. The molecule has 0 atom stereocenters. The molecule has 160 valence electrons. The highest BCUT2D eigenvalue weighted by molar-refractivity contribution is 7.90. The second-order valence-corrected chi connectivity index (χ2v) is 7.56. The first kappa shape index (κ1) is 21.5. The minimum atomic E-state index is -4.74. The molecule has 0 bridgehead atoms. The first-order chi connectivity index (χ1) is 13.9. The maximum atomic E-state index is 13.0. The van der Waals surface area contributed by atoms with Gasteiger partial charge in [-0.1, -0.05) is 11.6 Å². The standard InChI is InChI=1S/C14H11ClF3N7O4S/c1-6-19-11(23-13(20-6)29-2)22-12(26)24-30(27,28)10-9(15)21-8-4-3-7(5-25(8)10)14(16,17)18/h3-5H,1-2H3,(H2,19,20,22,23,24,26). The fraction of sp³-hybridized carbons (Fsp3) is 0.214. The van der Waals surface area contributed by atoms with Gasteiger partial charge in [-0.25, -0.2) is 14.5 Å². The summed E-state index contributed by atoms with van der Waals surface area (Å²) in [6.45, 7) is 1.47. The molecule has 0 aliphatic heterocycles. The smallest absolute Gasteiger partial charge is 0.417 e. The molecule has 3 aromatic heterocycles. The maximum absolute atomic E-state index is 13.0. The van der Waals surface area contributed by atoms with Crippen LogP contribution < -0.4 is 14.8 Å². The van der Waals surface area contributed by atoms with Gasteiger partial charge < -0.3 is 4.74 Å². The van der Waals surface area contributed by atoms with Crippen LogP contribution >= 0.6 is 11.6 Å². The lowest BCUT2D eigenvalue weighted by atomic mass is 10.3. The average Bonchev–Trinajstić information content (AvgIpc) is 2.95. The Balaban J connectivity index is 1.93. The summed E-state index contributed by atoms with van der Waals surface area (Å²) in [5.41, 5.74) is -1.32. The molecule has 3 rings (SSSR count). The lowest BCUT2D eigenvalue weighted by Crippen LogP contribution is -2.35. The number of nitrogens with one attached hydrogen (secondary N) is 2. The summed E-state index contributed by atoms with van der Waals surface area (Å²) in [5, 5.41) is 0.566. The van der Waals surface area contributed by atoms with Gasteiger partial charge in [-0.15, -0.1) is 0 Å². The number of alkyl halides is 3. The molecule has 0 saturated heterocycles. The Morgan fingerprint density at radius 1 is 1.20 bits per heavy atom. The van der Waals surface area contributed by atoms with Crippen molar-refractivity contribution >= 4 is 39.3 Å². The number of halogens is 4. The predicted octanol–water partition coefficient (Wildman–Crippen LogP) is 2.02. The highest BCUT2D eigenvalue weighted by atomic mass is 35.5. The van der Waals surface area contributed by atoms with Crippen molar-refractivity contribution in [3.8, 4) is 6.01 Å². The van der Waals surface area contributed by atoms with Gasteiger partial charge in [0.05, 0.1) is 12.7 Å². The fourth-order valence-electron chi connectivity index (χ4n) is 2.30. The van der Waals surface area contributed by atoms with Gasteiger partial charge in [0.1, 0.15) is 11.5 Å². The Morgan fingerprint density at radius 2 is 1.90 bits per heavy atom. The third-order valence-corrected chi connectivity index (χ3v) is 5.21. The van der Waals surface area contributed by atoms with Gasteiger partial charge in [-0.05, 0) is 19.1 Å². The van der Waals surface area contributed by atoms with Crippen molar-refractivity contribution in [1.82, 2.24) is 29.1 Å². The number of aromatic nitrogens is 5. The molecule has 3 aromatic rings. The summed E-state index contributed by atoms with van der Waals surface area (Å²) < 4.78 is 71.1. The monoisotopic (exact) mass is 465 g/mol. The normalized spacial score (nSPS) is 12.1. The minimum absolute atomic E-state index is 0.134. The van der Waals surface area contributed by atoms with Gasteiger partial charge in [-0.2, -0.15) is 36.5 Å². The second-order valence-electron chi connectivity index (χ2n) is 5.60. The van der Waals surface area contributed by atoms with Crippen molar-refractivity contribution in [2.45, 2.75) is 18.1 Å². The van der Waals surface area contributed by atoms with Crippen LogP contribution in [-0.4, -0.2) is 45.9 Å². The van der Waals surface area contributed by atoms with Crippen LogP contribution in [0.4, 0.5) is 23.9 Å². The van der Waals surface area contributed by atoms with E-state index in [0.29, 0.717) is 16.7 Å². The molecule has 11 nitrogen and oxygen atoms in total. The number of ether oxygens (including phenoxy) is 1. The van der Waals surface area contributed by atoms with Crippen molar-refractivity contribution in [3.05, 3.63) is 34.9 Å². The Hall–Kier alpha value is -3.20.